The molecule has 31 heavy (non-hydrogen) atoms. The maximum Gasteiger partial charge on any atom is 0.279 e. The van der Waals surface area contributed by atoms with E-state index in [4.69, 9.17) is 9.47 Å². The van der Waals surface area contributed by atoms with Crippen molar-refractivity contribution in [2.75, 3.05) is 43.5 Å². The van der Waals surface area contributed by atoms with E-state index in [0.29, 0.717) is 36.9 Å². The van der Waals surface area contributed by atoms with Crippen molar-refractivity contribution in [3.63, 3.8) is 0 Å². The normalized spacial score (nSPS) is 13.5. The molecule has 7 heteroatoms. The maximum atomic E-state index is 12.5. The summed E-state index contributed by atoms with van der Waals surface area (Å²) in [5.74, 6) is 1.01. The molecular formula is C24H26N3O4+. The molecule has 2 amide bonds. The van der Waals surface area contributed by atoms with Gasteiger partial charge >= 0.3 is 0 Å². The number of carbonyl (C=O) groups excluding carboxylic acids is 2. The number of fused-ring (bicyclic) bond motifs is 2. The fourth-order valence-electron chi connectivity index (χ4n) is 3.57. The Bertz CT molecular complexity index is 1100. The zero-order valence-electron chi connectivity index (χ0n) is 17.4. The highest BCUT2D eigenvalue weighted by atomic mass is 16.6. The number of hydrogen-bond acceptors (Lipinski definition) is 4. The summed E-state index contributed by atoms with van der Waals surface area (Å²) < 4.78 is 11.0. The highest BCUT2D eigenvalue weighted by Crippen LogP contribution is 2.32. The second-order valence-corrected chi connectivity index (χ2v) is 7.47. The molecule has 3 N–H and O–H groups in total. The van der Waals surface area contributed by atoms with Gasteiger partial charge in [0.1, 0.15) is 13.2 Å². The predicted molar refractivity (Wildman–Crippen MR) is 120 cm³/mol. The number of nitrogens with one attached hydrogen (secondary N) is 3. The minimum atomic E-state index is -0.160. The van der Waals surface area contributed by atoms with E-state index in [2.05, 4.69) is 10.6 Å². The fraction of sp³-hybridized carbons (Fsp3) is 0.250. The van der Waals surface area contributed by atoms with Gasteiger partial charge < -0.3 is 25.0 Å². The van der Waals surface area contributed by atoms with Crippen molar-refractivity contribution in [1.82, 2.24) is 0 Å². The number of ether oxygens (including phenoxy) is 2. The quantitative estimate of drug-likeness (QED) is 0.547. The van der Waals surface area contributed by atoms with E-state index in [1.807, 2.05) is 49.4 Å². The van der Waals surface area contributed by atoms with E-state index in [1.54, 1.807) is 18.2 Å². The van der Waals surface area contributed by atoms with Crippen LogP contribution in [0, 0.1) is 0 Å². The number of amides is 2. The number of rotatable bonds is 7. The molecule has 160 valence electrons. The number of hydrogen-bond donors (Lipinski definition) is 3. The van der Waals surface area contributed by atoms with Gasteiger partial charge in [-0.2, -0.15) is 0 Å². The largest absolute Gasteiger partial charge is 0.486 e. The summed E-state index contributed by atoms with van der Waals surface area (Å²) in [5.41, 5.74) is 1.39. The van der Waals surface area contributed by atoms with E-state index in [-0.39, 0.29) is 24.9 Å². The van der Waals surface area contributed by atoms with E-state index in [9.17, 15) is 9.59 Å². The Morgan fingerprint density at radius 3 is 2.13 bits per heavy atom. The van der Waals surface area contributed by atoms with E-state index in [0.717, 1.165) is 21.4 Å². The molecule has 7 nitrogen and oxygen atoms in total. The first-order valence-electron chi connectivity index (χ1n) is 10.4. The van der Waals surface area contributed by atoms with Crippen molar-refractivity contribution >= 4 is 34.0 Å². The summed E-state index contributed by atoms with van der Waals surface area (Å²) in [6.07, 6.45) is 0. The molecule has 3 aromatic carbocycles. The van der Waals surface area contributed by atoms with Gasteiger partial charge in [-0.3, -0.25) is 9.59 Å². The molecule has 3 aromatic rings. The lowest BCUT2D eigenvalue weighted by atomic mass is 10.1. The molecular weight excluding hydrogens is 394 g/mol. The molecule has 1 atom stereocenters. The molecule has 0 spiro atoms. The lowest BCUT2D eigenvalue weighted by Crippen LogP contribution is -3.13. The first-order valence-corrected chi connectivity index (χ1v) is 10.4. The van der Waals surface area contributed by atoms with Gasteiger partial charge in [-0.05, 0) is 42.0 Å². The SMILES string of the molecule is CC[NH+](CC(=O)Nc1ccc2c(c1)OCCO2)CC(=O)Nc1ccc2ccccc2c1. The molecule has 1 aliphatic rings. The highest BCUT2D eigenvalue weighted by Gasteiger charge is 2.18. The molecule has 0 saturated heterocycles. The molecule has 0 radical (unpaired) electrons. The van der Waals surface area contributed by atoms with Crippen molar-refractivity contribution in [3.8, 4) is 11.5 Å². The van der Waals surface area contributed by atoms with Crippen molar-refractivity contribution < 1.29 is 24.0 Å². The first-order chi connectivity index (χ1) is 15.1. The van der Waals surface area contributed by atoms with Crippen LogP contribution in [0.1, 0.15) is 6.92 Å². The summed E-state index contributed by atoms with van der Waals surface area (Å²) in [6, 6.07) is 19.1. The summed E-state index contributed by atoms with van der Waals surface area (Å²) >= 11 is 0. The van der Waals surface area contributed by atoms with Gasteiger partial charge in [0.2, 0.25) is 0 Å². The fourth-order valence-corrected chi connectivity index (χ4v) is 3.57. The minimum Gasteiger partial charge on any atom is -0.486 e. The number of quaternary nitrogens is 1. The van der Waals surface area contributed by atoms with Crippen molar-refractivity contribution in [3.05, 3.63) is 60.7 Å². The van der Waals surface area contributed by atoms with Crippen molar-refractivity contribution in [1.29, 1.82) is 0 Å². The van der Waals surface area contributed by atoms with Crippen LogP contribution in [-0.2, 0) is 9.59 Å². The summed E-state index contributed by atoms with van der Waals surface area (Å²) in [5, 5.41) is 8.00. The van der Waals surface area contributed by atoms with Crippen LogP contribution >= 0.6 is 0 Å². The Balaban J connectivity index is 1.31. The second kappa shape index (κ2) is 9.49. The maximum absolute atomic E-state index is 12.5. The van der Waals surface area contributed by atoms with Crippen LogP contribution < -0.4 is 25.0 Å². The van der Waals surface area contributed by atoms with E-state index >= 15 is 0 Å². The van der Waals surface area contributed by atoms with Gasteiger partial charge in [0.25, 0.3) is 11.8 Å². The van der Waals surface area contributed by atoms with Gasteiger partial charge in [0, 0.05) is 17.4 Å². The molecule has 0 aliphatic carbocycles. The monoisotopic (exact) mass is 420 g/mol. The summed E-state index contributed by atoms with van der Waals surface area (Å²) in [6.45, 7) is 4.02. The van der Waals surface area contributed by atoms with Crippen LogP contribution in [0.4, 0.5) is 11.4 Å². The van der Waals surface area contributed by atoms with Gasteiger partial charge in [0.05, 0.1) is 6.54 Å². The molecule has 1 unspecified atom stereocenters. The number of benzene rings is 3. The number of anilines is 2. The molecule has 1 heterocycles. The Kier molecular flexibility index (Phi) is 6.33. The second-order valence-electron chi connectivity index (χ2n) is 7.47. The molecule has 0 bridgehead atoms. The van der Waals surface area contributed by atoms with E-state index in [1.165, 1.54) is 0 Å². The third-order valence-corrected chi connectivity index (χ3v) is 5.18. The smallest absolute Gasteiger partial charge is 0.279 e. The Morgan fingerprint density at radius 1 is 0.806 bits per heavy atom. The van der Waals surface area contributed by atoms with Crippen LogP contribution in [0.15, 0.2) is 60.7 Å². The lowest BCUT2D eigenvalue weighted by Gasteiger charge is -2.20. The average molecular weight is 420 g/mol. The zero-order valence-corrected chi connectivity index (χ0v) is 17.4. The average Bonchev–Trinajstić information content (AvgIpc) is 2.78. The summed E-state index contributed by atoms with van der Waals surface area (Å²) in [4.78, 5) is 25.9. The Hall–Kier alpha value is -3.58. The van der Waals surface area contributed by atoms with Crippen molar-refractivity contribution in [2.24, 2.45) is 0 Å². The Morgan fingerprint density at radius 2 is 1.42 bits per heavy atom. The minimum absolute atomic E-state index is 0.126. The van der Waals surface area contributed by atoms with Crippen LogP contribution in [0.5, 0.6) is 11.5 Å². The third-order valence-electron chi connectivity index (χ3n) is 5.18. The van der Waals surface area contributed by atoms with Crippen LogP contribution in [0.3, 0.4) is 0 Å². The van der Waals surface area contributed by atoms with E-state index < -0.39 is 0 Å². The van der Waals surface area contributed by atoms with Crippen LogP contribution in [0.2, 0.25) is 0 Å². The lowest BCUT2D eigenvalue weighted by molar-refractivity contribution is -0.881. The molecule has 0 fully saturated rings. The molecule has 4 rings (SSSR count). The number of carbonyl (C=O) groups is 2. The predicted octanol–water partition coefficient (Wildman–Crippen LogP) is 2.09. The van der Waals surface area contributed by atoms with Gasteiger partial charge in [-0.15, -0.1) is 0 Å². The number of likely N-dealkylation sites (N-methyl/N-ethyl adjacent to an activating group) is 1. The third kappa shape index (κ3) is 5.32. The molecule has 0 saturated carbocycles. The Labute approximate surface area is 180 Å². The van der Waals surface area contributed by atoms with Crippen molar-refractivity contribution in [2.45, 2.75) is 6.92 Å². The van der Waals surface area contributed by atoms with Crippen LogP contribution in [0.25, 0.3) is 10.8 Å². The van der Waals surface area contributed by atoms with Gasteiger partial charge in [0.15, 0.2) is 24.6 Å². The standard InChI is InChI=1S/C24H25N3O4/c1-2-27(15-23(28)25-19-8-7-17-5-3-4-6-18(17)13-19)16-24(29)26-20-9-10-21-22(14-20)31-12-11-30-21/h3-10,13-14H,2,11-12,15-16H2,1H3,(H,25,28)(H,26,29)/p+1. The van der Waals surface area contributed by atoms with Gasteiger partial charge in [-0.1, -0.05) is 30.3 Å². The highest BCUT2D eigenvalue weighted by molar-refractivity contribution is 5.95. The van der Waals surface area contributed by atoms with Gasteiger partial charge in [-0.25, -0.2) is 0 Å². The topological polar surface area (TPSA) is 81.1 Å². The first kappa shape index (κ1) is 20.7. The van der Waals surface area contributed by atoms with Crippen LogP contribution in [-0.4, -0.2) is 44.7 Å². The summed E-state index contributed by atoms with van der Waals surface area (Å²) in [7, 11) is 0. The molecule has 0 aromatic heterocycles. The molecule has 1 aliphatic heterocycles. The zero-order chi connectivity index (χ0) is 21.6.